The molecule has 4 rings (SSSR count). The predicted octanol–water partition coefficient (Wildman–Crippen LogP) is 3.07. The molecule has 2 aromatic carbocycles. The average Bonchev–Trinajstić information content (AvgIpc) is 3.22. The zero-order valence-corrected chi connectivity index (χ0v) is 19.5. The molecule has 0 radical (unpaired) electrons. The second kappa shape index (κ2) is 8.57. The van der Waals surface area contributed by atoms with E-state index in [4.69, 9.17) is 4.98 Å². The largest absolute Gasteiger partial charge is 0.345 e. The Morgan fingerprint density at radius 2 is 1.74 bits per heavy atom. The Balaban J connectivity index is 1.42. The highest BCUT2D eigenvalue weighted by Gasteiger charge is 2.25. The van der Waals surface area contributed by atoms with Crippen LogP contribution in [0.3, 0.4) is 0 Å². The number of amides is 1. The number of aryl methyl sites for hydroxylation is 1. The van der Waals surface area contributed by atoms with Gasteiger partial charge >= 0.3 is 0 Å². The molecule has 0 unspecified atom stereocenters. The van der Waals surface area contributed by atoms with Gasteiger partial charge in [0.1, 0.15) is 0 Å². The molecular weight excluding hydrogens is 432 g/mol. The highest BCUT2D eigenvalue weighted by atomic mass is 32.2. The Labute approximate surface area is 187 Å². The fourth-order valence-corrected chi connectivity index (χ4v) is 5.56. The minimum atomic E-state index is -3.50. The zero-order chi connectivity index (χ0) is 22.2. The highest BCUT2D eigenvalue weighted by molar-refractivity contribution is 7.89. The Hall–Kier alpha value is -2.49. The van der Waals surface area contributed by atoms with Gasteiger partial charge in [-0.3, -0.25) is 4.79 Å². The number of hydrogen-bond donors (Lipinski definition) is 0. The van der Waals surface area contributed by atoms with Gasteiger partial charge in [0, 0.05) is 45.8 Å². The molecule has 0 saturated carbocycles. The standard InChI is InChI=1S/C22H26N4O3S2/c1-4-16-5-10-19-20(15-16)30-22(23-19)26-13-11-25(12-14-26)21(27)17-6-8-18(9-7-17)31(28,29)24(2)3/h5-10,15H,4,11-14H2,1-3H3. The smallest absolute Gasteiger partial charge is 0.253 e. The third kappa shape index (κ3) is 4.30. The Bertz CT molecular complexity index is 1200. The van der Waals surface area contributed by atoms with Crippen molar-refractivity contribution >= 4 is 42.6 Å². The first-order chi connectivity index (χ1) is 14.8. The van der Waals surface area contributed by atoms with Gasteiger partial charge < -0.3 is 9.80 Å². The topological polar surface area (TPSA) is 73.8 Å². The molecule has 1 aliphatic rings. The molecule has 1 aromatic heterocycles. The molecule has 1 amide bonds. The number of carbonyl (C=O) groups excluding carboxylic acids is 1. The van der Waals surface area contributed by atoms with Gasteiger partial charge in [0.05, 0.1) is 15.1 Å². The molecule has 164 valence electrons. The van der Waals surface area contributed by atoms with Crippen molar-refractivity contribution < 1.29 is 13.2 Å². The van der Waals surface area contributed by atoms with E-state index in [1.807, 2.05) is 4.90 Å². The summed E-state index contributed by atoms with van der Waals surface area (Å²) in [7, 11) is -0.526. The van der Waals surface area contributed by atoms with Crippen LogP contribution in [0.15, 0.2) is 47.4 Å². The van der Waals surface area contributed by atoms with E-state index in [2.05, 4.69) is 30.0 Å². The van der Waals surface area contributed by atoms with Gasteiger partial charge in [-0.05, 0) is 48.4 Å². The van der Waals surface area contributed by atoms with E-state index >= 15 is 0 Å². The maximum Gasteiger partial charge on any atom is 0.253 e. The molecule has 9 heteroatoms. The van der Waals surface area contributed by atoms with Gasteiger partial charge in [-0.25, -0.2) is 17.7 Å². The number of carbonyl (C=O) groups is 1. The maximum absolute atomic E-state index is 12.9. The SMILES string of the molecule is CCc1ccc2nc(N3CCN(C(=O)c4ccc(S(=O)(=O)N(C)C)cc4)CC3)sc2c1. The van der Waals surface area contributed by atoms with Crippen LogP contribution in [0.5, 0.6) is 0 Å². The second-order valence-corrected chi connectivity index (χ2v) is 10.9. The molecule has 0 aliphatic carbocycles. The maximum atomic E-state index is 12.9. The molecule has 0 bridgehead atoms. The molecule has 0 spiro atoms. The summed E-state index contributed by atoms with van der Waals surface area (Å²) in [6.45, 7) is 4.80. The summed E-state index contributed by atoms with van der Waals surface area (Å²) in [6, 6.07) is 12.6. The van der Waals surface area contributed by atoms with Crippen molar-refractivity contribution in [3.05, 3.63) is 53.6 Å². The number of benzene rings is 2. The number of piperazine rings is 1. The molecular formula is C22H26N4O3S2. The molecule has 2 heterocycles. The van der Waals surface area contributed by atoms with Crippen molar-refractivity contribution in [2.45, 2.75) is 18.2 Å². The second-order valence-electron chi connectivity index (χ2n) is 7.74. The van der Waals surface area contributed by atoms with Crippen molar-refractivity contribution in [1.82, 2.24) is 14.2 Å². The van der Waals surface area contributed by atoms with Gasteiger partial charge in [-0.2, -0.15) is 0 Å². The molecule has 0 N–H and O–H groups in total. The van der Waals surface area contributed by atoms with Crippen LogP contribution in [0.4, 0.5) is 5.13 Å². The first kappa shape index (κ1) is 21.7. The molecule has 3 aromatic rings. The monoisotopic (exact) mass is 458 g/mol. The summed E-state index contributed by atoms with van der Waals surface area (Å²) in [4.78, 5) is 21.9. The molecule has 1 fully saturated rings. The summed E-state index contributed by atoms with van der Waals surface area (Å²) in [5.41, 5.74) is 2.82. The first-order valence-electron chi connectivity index (χ1n) is 10.3. The van der Waals surface area contributed by atoms with Gasteiger partial charge in [-0.1, -0.05) is 24.3 Å². The number of aromatic nitrogens is 1. The van der Waals surface area contributed by atoms with E-state index < -0.39 is 10.0 Å². The van der Waals surface area contributed by atoms with Crippen molar-refractivity contribution in [3.8, 4) is 0 Å². The van der Waals surface area contributed by atoms with Gasteiger partial charge in [0.25, 0.3) is 5.91 Å². The number of nitrogens with zero attached hydrogens (tertiary/aromatic N) is 4. The fraction of sp³-hybridized carbons (Fsp3) is 0.364. The quantitative estimate of drug-likeness (QED) is 0.588. The lowest BCUT2D eigenvalue weighted by molar-refractivity contribution is 0.0746. The van der Waals surface area contributed by atoms with Crippen LogP contribution in [-0.2, 0) is 16.4 Å². The van der Waals surface area contributed by atoms with Crippen molar-refractivity contribution in [3.63, 3.8) is 0 Å². The Morgan fingerprint density at radius 3 is 2.35 bits per heavy atom. The number of fused-ring (bicyclic) bond motifs is 1. The summed E-state index contributed by atoms with van der Waals surface area (Å²) in [6.07, 6.45) is 1.01. The number of rotatable bonds is 5. The fourth-order valence-electron chi connectivity index (χ4n) is 3.58. The van der Waals surface area contributed by atoms with Crippen molar-refractivity contribution in [2.24, 2.45) is 0 Å². The van der Waals surface area contributed by atoms with Gasteiger partial charge in [-0.15, -0.1) is 0 Å². The normalized spacial score (nSPS) is 15.1. The lowest BCUT2D eigenvalue weighted by Crippen LogP contribution is -2.48. The molecule has 1 aliphatic heterocycles. The van der Waals surface area contributed by atoms with Crippen molar-refractivity contribution in [2.75, 3.05) is 45.2 Å². The summed E-state index contributed by atoms with van der Waals surface area (Å²) in [5, 5.41) is 0.994. The molecule has 7 nitrogen and oxygen atoms in total. The number of sulfonamides is 1. The van der Waals surface area contributed by atoms with Crippen LogP contribution >= 0.6 is 11.3 Å². The third-order valence-corrected chi connectivity index (χ3v) is 8.48. The van der Waals surface area contributed by atoms with E-state index in [-0.39, 0.29) is 10.8 Å². The minimum Gasteiger partial charge on any atom is -0.345 e. The molecule has 1 saturated heterocycles. The van der Waals surface area contributed by atoms with Crippen LogP contribution in [0.25, 0.3) is 10.2 Å². The Morgan fingerprint density at radius 1 is 1.06 bits per heavy atom. The van der Waals surface area contributed by atoms with Gasteiger partial charge in [0.2, 0.25) is 10.0 Å². The van der Waals surface area contributed by atoms with Crippen LogP contribution in [-0.4, -0.2) is 68.8 Å². The van der Waals surface area contributed by atoms with E-state index in [1.54, 1.807) is 23.5 Å². The van der Waals surface area contributed by atoms with Crippen LogP contribution < -0.4 is 4.90 Å². The molecule has 31 heavy (non-hydrogen) atoms. The highest BCUT2D eigenvalue weighted by Crippen LogP contribution is 2.30. The van der Waals surface area contributed by atoms with Crippen LogP contribution in [0.1, 0.15) is 22.8 Å². The zero-order valence-electron chi connectivity index (χ0n) is 17.9. The van der Waals surface area contributed by atoms with Crippen LogP contribution in [0, 0.1) is 0 Å². The predicted molar refractivity (Wildman–Crippen MR) is 124 cm³/mol. The van der Waals surface area contributed by atoms with E-state index in [9.17, 15) is 13.2 Å². The van der Waals surface area contributed by atoms with E-state index in [0.717, 1.165) is 34.5 Å². The Kier molecular flexibility index (Phi) is 6.00. The first-order valence-corrected chi connectivity index (χ1v) is 12.5. The lowest BCUT2D eigenvalue weighted by Gasteiger charge is -2.34. The number of anilines is 1. The van der Waals surface area contributed by atoms with E-state index in [0.29, 0.717) is 18.7 Å². The summed E-state index contributed by atoms with van der Waals surface area (Å²) >= 11 is 1.70. The number of thiazole rings is 1. The number of hydrogen-bond acceptors (Lipinski definition) is 6. The lowest BCUT2D eigenvalue weighted by atomic mass is 10.2. The summed E-state index contributed by atoms with van der Waals surface area (Å²) < 4.78 is 26.8. The van der Waals surface area contributed by atoms with Crippen molar-refractivity contribution in [1.29, 1.82) is 0 Å². The summed E-state index contributed by atoms with van der Waals surface area (Å²) in [5.74, 6) is -0.0784. The van der Waals surface area contributed by atoms with Crippen LogP contribution in [0.2, 0.25) is 0 Å². The average molecular weight is 459 g/mol. The minimum absolute atomic E-state index is 0.0784. The van der Waals surface area contributed by atoms with Gasteiger partial charge in [0.15, 0.2) is 5.13 Å². The van der Waals surface area contributed by atoms with E-state index in [1.165, 1.54) is 36.5 Å². The molecule has 0 atom stereocenters. The third-order valence-electron chi connectivity index (χ3n) is 5.57.